The van der Waals surface area contributed by atoms with Gasteiger partial charge in [0.1, 0.15) is 11.4 Å². The summed E-state index contributed by atoms with van der Waals surface area (Å²) in [6.45, 7) is 3.80. The minimum absolute atomic E-state index is 0.0751. The number of carbonyl (C=O) groups is 1. The molecule has 9 heteroatoms. The van der Waals surface area contributed by atoms with Gasteiger partial charge in [0.25, 0.3) is 15.9 Å². The van der Waals surface area contributed by atoms with Gasteiger partial charge in [-0.3, -0.25) is 9.52 Å². The lowest BCUT2D eigenvalue weighted by atomic mass is 10.3. The monoisotopic (exact) mass is 353 g/mol. The molecular formula is C14H15N3O4S2. The number of benzene rings is 1. The van der Waals surface area contributed by atoms with Crippen LogP contribution in [0.2, 0.25) is 0 Å². The van der Waals surface area contributed by atoms with Gasteiger partial charge < -0.3 is 10.1 Å². The topological polar surface area (TPSA) is 97.4 Å². The van der Waals surface area contributed by atoms with Crippen molar-refractivity contribution in [1.29, 1.82) is 0 Å². The predicted molar refractivity (Wildman–Crippen MR) is 88.4 cm³/mol. The number of rotatable bonds is 7. The number of aromatic nitrogens is 1. The van der Waals surface area contributed by atoms with Crippen LogP contribution in [0.15, 0.2) is 47.2 Å². The first-order valence-electron chi connectivity index (χ1n) is 6.48. The maximum atomic E-state index is 12.3. The molecule has 1 aromatic carbocycles. The molecule has 0 radical (unpaired) electrons. The van der Waals surface area contributed by atoms with E-state index in [4.69, 9.17) is 4.74 Å². The van der Waals surface area contributed by atoms with Crippen LogP contribution in [0.25, 0.3) is 0 Å². The molecule has 23 heavy (non-hydrogen) atoms. The molecule has 0 aliphatic carbocycles. The van der Waals surface area contributed by atoms with Crippen molar-refractivity contribution in [3.05, 3.63) is 48.0 Å². The number of anilines is 1. The van der Waals surface area contributed by atoms with Crippen molar-refractivity contribution in [1.82, 2.24) is 10.3 Å². The van der Waals surface area contributed by atoms with Gasteiger partial charge >= 0.3 is 0 Å². The molecule has 0 atom stereocenters. The zero-order chi connectivity index (χ0) is 16.9. The van der Waals surface area contributed by atoms with Crippen LogP contribution in [0.4, 0.5) is 5.13 Å². The van der Waals surface area contributed by atoms with E-state index >= 15 is 0 Å². The van der Waals surface area contributed by atoms with Crippen molar-refractivity contribution < 1.29 is 17.9 Å². The summed E-state index contributed by atoms with van der Waals surface area (Å²) >= 11 is 1.03. The second kappa shape index (κ2) is 7.25. The Morgan fingerprint density at radius 2 is 2.09 bits per heavy atom. The van der Waals surface area contributed by atoms with Crippen LogP contribution in [0.5, 0.6) is 5.75 Å². The Morgan fingerprint density at radius 1 is 1.39 bits per heavy atom. The highest BCUT2D eigenvalue weighted by Gasteiger charge is 2.17. The Balaban J connectivity index is 2.12. The van der Waals surface area contributed by atoms with Gasteiger partial charge in [-0.15, -0.1) is 17.9 Å². The van der Waals surface area contributed by atoms with E-state index in [-0.39, 0.29) is 15.7 Å². The summed E-state index contributed by atoms with van der Waals surface area (Å²) in [4.78, 5) is 15.8. The van der Waals surface area contributed by atoms with Gasteiger partial charge in [0.05, 0.1) is 12.0 Å². The molecule has 0 aliphatic heterocycles. The largest absolute Gasteiger partial charge is 0.497 e. The van der Waals surface area contributed by atoms with Crippen molar-refractivity contribution in [3.63, 3.8) is 0 Å². The molecule has 1 amide bonds. The first-order valence-corrected chi connectivity index (χ1v) is 8.84. The fourth-order valence-electron chi connectivity index (χ4n) is 1.61. The number of nitrogens with zero attached hydrogens (tertiary/aromatic N) is 1. The van der Waals surface area contributed by atoms with Gasteiger partial charge in [-0.2, -0.15) is 0 Å². The van der Waals surface area contributed by atoms with E-state index < -0.39 is 15.9 Å². The molecular weight excluding hydrogens is 338 g/mol. The third-order valence-corrected chi connectivity index (χ3v) is 4.98. The Bertz CT molecular complexity index is 798. The average Bonchev–Trinajstić information content (AvgIpc) is 3.00. The van der Waals surface area contributed by atoms with E-state index in [1.807, 2.05) is 0 Å². The molecule has 1 aromatic heterocycles. The Hall–Kier alpha value is -2.39. The molecule has 0 bridgehead atoms. The minimum atomic E-state index is -3.77. The summed E-state index contributed by atoms with van der Waals surface area (Å²) in [5.41, 5.74) is 0.143. The second-order valence-corrected chi connectivity index (χ2v) is 6.86. The van der Waals surface area contributed by atoms with Crippen LogP contribution in [0, 0.1) is 0 Å². The van der Waals surface area contributed by atoms with Crippen molar-refractivity contribution in [2.24, 2.45) is 0 Å². The smallest absolute Gasteiger partial charge is 0.271 e. The summed E-state index contributed by atoms with van der Waals surface area (Å²) in [6, 6.07) is 5.94. The van der Waals surface area contributed by atoms with Crippen LogP contribution in [-0.2, 0) is 10.0 Å². The third kappa shape index (κ3) is 4.30. The number of thiazole rings is 1. The number of carbonyl (C=O) groups excluding carboxylic acids is 1. The number of ether oxygens (including phenoxy) is 1. The fraction of sp³-hybridized carbons (Fsp3) is 0.143. The third-order valence-electron chi connectivity index (χ3n) is 2.74. The summed E-state index contributed by atoms with van der Waals surface area (Å²) in [5, 5.41) is 4.16. The van der Waals surface area contributed by atoms with Crippen molar-refractivity contribution in [3.8, 4) is 5.75 Å². The van der Waals surface area contributed by atoms with E-state index in [0.717, 1.165) is 11.3 Å². The number of hydrogen-bond donors (Lipinski definition) is 2. The quantitative estimate of drug-likeness (QED) is 0.741. The number of amides is 1. The number of hydrogen-bond acceptors (Lipinski definition) is 6. The molecule has 7 nitrogen and oxygen atoms in total. The molecule has 0 saturated carbocycles. The van der Waals surface area contributed by atoms with E-state index in [9.17, 15) is 13.2 Å². The van der Waals surface area contributed by atoms with Crippen LogP contribution in [0.3, 0.4) is 0 Å². The average molecular weight is 353 g/mol. The summed E-state index contributed by atoms with van der Waals surface area (Å²) < 4.78 is 31.8. The zero-order valence-corrected chi connectivity index (χ0v) is 13.9. The maximum Gasteiger partial charge on any atom is 0.271 e. The SMILES string of the molecule is C=CCNC(=O)c1csc(NS(=O)(=O)c2ccc(OC)cc2)n1. The second-order valence-electron chi connectivity index (χ2n) is 4.32. The lowest BCUT2D eigenvalue weighted by Gasteiger charge is -2.06. The van der Waals surface area contributed by atoms with E-state index in [1.165, 1.54) is 30.7 Å². The van der Waals surface area contributed by atoms with Gasteiger partial charge in [0.2, 0.25) is 0 Å². The van der Waals surface area contributed by atoms with Gasteiger partial charge in [0.15, 0.2) is 5.13 Å². The first kappa shape index (κ1) is 17.0. The Labute approximate surface area is 138 Å². The summed E-state index contributed by atoms with van der Waals surface area (Å²) in [6.07, 6.45) is 1.54. The Kier molecular flexibility index (Phi) is 5.35. The fourth-order valence-corrected chi connectivity index (χ4v) is 3.55. The van der Waals surface area contributed by atoms with E-state index in [2.05, 4.69) is 21.6 Å². The van der Waals surface area contributed by atoms with Gasteiger partial charge in [-0.1, -0.05) is 6.08 Å². The maximum absolute atomic E-state index is 12.3. The van der Waals surface area contributed by atoms with Gasteiger partial charge in [-0.25, -0.2) is 13.4 Å². The number of nitrogens with one attached hydrogen (secondary N) is 2. The number of methoxy groups -OCH3 is 1. The Morgan fingerprint density at radius 3 is 2.70 bits per heavy atom. The standard InChI is InChI=1S/C14H15N3O4S2/c1-3-8-15-13(18)12-9-22-14(16-12)17-23(19,20)11-6-4-10(21-2)5-7-11/h3-7,9H,1,8H2,2H3,(H,15,18)(H,16,17). The summed E-state index contributed by atoms with van der Waals surface area (Å²) in [5.74, 6) is 0.162. The van der Waals surface area contributed by atoms with Gasteiger partial charge in [0, 0.05) is 11.9 Å². The van der Waals surface area contributed by atoms with Crippen molar-refractivity contribution in [2.45, 2.75) is 4.90 Å². The molecule has 2 N–H and O–H groups in total. The van der Waals surface area contributed by atoms with Gasteiger partial charge in [-0.05, 0) is 24.3 Å². The van der Waals surface area contributed by atoms with Crippen LogP contribution in [-0.4, -0.2) is 33.0 Å². The van der Waals surface area contributed by atoms with E-state index in [1.54, 1.807) is 12.1 Å². The molecule has 2 rings (SSSR count). The zero-order valence-electron chi connectivity index (χ0n) is 12.3. The molecule has 122 valence electrons. The molecule has 0 aliphatic rings. The minimum Gasteiger partial charge on any atom is -0.497 e. The lowest BCUT2D eigenvalue weighted by molar-refractivity contribution is 0.0954. The van der Waals surface area contributed by atoms with E-state index in [0.29, 0.717) is 12.3 Å². The molecule has 0 saturated heterocycles. The first-order chi connectivity index (χ1) is 11.0. The lowest BCUT2D eigenvalue weighted by Crippen LogP contribution is -2.23. The highest BCUT2D eigenvalue weighted by Crippen LogP contribution is 2.21. The highest BCUT2D eigenvalue weighted by atomic mass is 32.2. The summed E-state index contributed by atoms with van der Waals surface area (Å²) in [7, 11) is -2.28. The predicted octanol–water partition coefficient (Wildman–Crippen LogP) is 1.87. The highest BCUT2D eigenvalue weighted by molar-refractivity contribution is 7.93. The molecule has 0 fully saturated rings. The van der Waals surface area contributed by atoms with Crippen molar-refractivity contribution in [2.75, 3.05) is 18.4 Å². The normalized spacial score (nSPS) is 10.8. The molecule has 1 heterocycles. The van der Waals surface area contributed by atoms with Crippen molar-refractivity contribution >= 4 is 32.4 Å². The molecule has 0 spiro atoms. The number of sulfonamides is 1. The molecule has 2 aromatic rings. The van der Waals surface area contributed by atoms with Crippen LogP contribution in [0.1, 0.15) is 10.5 Å². The van der Waals surface area contributed by atoms with Crippen LogP contribution >= 0.6 is 11.3 Å². The van der Waals surface area contributed by atoms with Crippen LogP contribution < -0.4 is 14.8 Å². The molecule has 0 unspecified atom stereocenters.